The van der Waals surface area contributed by atoms with Crippen molar-refractivity contribution in [3.63, 3.8) is 0 Å². The Balaban J connectivity index is 1.51. The fourth-order valence-corrected chi connectivity index (χ4v) is 2.92. The third kappa shape index (κ3) is 3.64. The van der Waals surface area contributed by atoms with E-state index in [0.717, 1.165) is 37.4 Å². The van der Waals surface area contributed by atoms with Crippen molar-refractivity contribution in [3.8, 4) is 5.75 Å². The van der Waals surface area contributed by atoms with Gasteiger partial charge in [-0.2, -0.15) is 0 Å². The Bertz CT molecular complexity index is 533. The molecule has 0 spiro atoms. The van der Waals surface area contributed by atoms with E-state index in [2.05, 4.69) is 10.6 Å². The van der Waals surface area contributed by atoms with Crippen LogP contribution >= 0.6 is 0 Å². The van der Waals surface area contributed by atoms with Gasteiger partial charge in [0, 0.05) is 12.1 Å². The van der Waals surface area contributed by atoms with Gasteiger partial charge in [-0.25, -0.2) is 0 Å². The van der Waals surface area contributed by atoms with Crippen LogP contribution in [0.3, 0.4) is 0 Å². The highest BCUT2D eigenvalue weighted by molar-refractivity contribution is 5.99. The maximum absolute atomic E-state index is 12.2. The minimum absolute atomic E-state index is 0.00623. The molecule has 2 aliphatic rings. The average Bonchev–Trinajstić information content (AvgIpc) is 2.55. The molecule has 0 radical (unpaired) electrons. The lowest BCUT2D eigenvalue weighted by atomic mass is 9.96. The van der Waals surface area contributed by atoms with Crippen LogP contribution in [0.5, 0.6) is 5.75 Å². The summed E-state index contributed by atoms with van der Waals surface area (Å²) in [6, 6.07) is 7.79. The normalized spacial score (nSPS) is 21.0. The molecule has 4 heteroatoms. The van der Waals surface area contributed by atoms with E-state index in [9.17, 15) is 4.79 Å². The van der Waals surface area contributed by atoms with E-state index in [1.807, 2.05) is 30.3 Å². The molecule has 1 aromatic rings. The first-order valence-electron chi connectivity index (χ1n) is 7.74. The number of hydrogen-bond acceptors (Lipinski definition) is 3. The Labute approximate surface area is 125 Å². The number of hydrogen-bond donors (Lipinski definition) is 2. The lowest BCUT2D eigenvalue weighted by molar-refractivity contribution is -0.117. The van der Waals surface area contributed by atoms with Crippen LogP contribution in [0, 0.1) is 5.92 Å². The van der Waals surface area contributed by atoms with Crippen molar-refractivity contribution in [2.24, 2.45) is 5.92 Å². The topological polar surface area (TPSA) is 50.4 Å². The van der Waals surface area contributed by atoms with E-state index in [1.165, 1.54) is 12.8 Å². The summed E-state index contributed by atoms with van der Waals surface area (Å²) in [5.74, 6) is 1.53. The summed E-state index contributed by atoms with van der Waals surface area (Å²) in [4.78, 5) is 12.2. The first kappa shape index (κ1) is 14.1. The molecule has 4 nitrogen and oxygen atoms in total. The number of piperidine rings is 1. The van der Waals surface area contributed by atoms with Crippen LogP contribution in [0.1, 0.15) is 24.8 Å². The molecule has 1 amide bonds. The lowest BCUT2D eigenvalue weighted by Crippen LogP contribution is -2.34. The minimum Gasteiger partial charge on any atom is -0.488 e. The van der Waals surface area contributed by atoms with Crippen LogP contribution in [-0.4, -0.2) is 32.1 Å². The molecular weight excluding hydrogens is 264 g/mol. The van der Waals surface area contributed by atoms with Gasteiger partial charge in [-0.3, -0.25) is 4.79 Å². The maximum Gasteiger partial charge on any atom is 0.250 e. The number of amides is 1. The number of nitrogens with one attached hydrogen (secondary N) is 2. The van der Waals surface area contributed by atoms with Gasteiger partial charge in [-0.15, -0.1) is 0 Å². The maximum atomic E-state index is 12.2. The third-order valence-electron chi connectivity index (χ3n) is 4.16. The predicted molar refractivity (Wildman–Crippen MR) is 83.1 cm³/mol. The van der Waals surface area contributed by atoms with Gasteiger partial charge in [0.1, 0.15) is 12.4 Å². The smallest absolute Gasteiger partial charge is 0.250 e. The van der Waals surface area contributed by atoms with Gasteiger partial charge >= 0.3 is 0 Å². The van der Waals surface area contributed by atoms with Crippen LogP contribution in [-0.2, 0) is 4.79 Å². The monoisotopic (exact) mass is 286 g/mol. The summed E-state index contributed by atoms with van der Waals surface area (Å²) in [5.41, 5.74) is 1.68. The molecule has 1 unspecified atom stereocenters. The van der Waals surface area contributed by atoms with Crippen LogP contribution in [0.4, 0.5) is 0 Å². The summed E-state index contributed by atoms with van der Waals surface area (Å²) in [7, 11) is 0. The summed E-state index contributed by atoms with van der Waals surface area (Å²) in [6.45, 7) is 3.31. The molecule has 0 bridgehead atoms. The van der Waals surface area contributed by atoms with E-state index in [4.69, 9.17) is 4.74 Å². The first-order chi connectivity index (χ1) is 10.3. The molecule has 0 aliphatic carbocycles. The Morgan fingerprint density at radius 2 is 2.29 bits per heavy atom. The van der Waals surface area contributed by atoms with Crippen molar-refractivity contribution in [1.29, 1.82) is 0 Å². The molecule has 2 heterocycles. The van der Waals surface area contributed by atoms with Gasteiger partial charge < -0.3 is 15.4 Å². The Morgan fingerprint density at radius 1 is 1.38 bits per heavy atom. The quantitative estimate of drug-likeness (QED) is 0.889. The number of ether oxygens (including phenoxy) is 1. The molecule has 1 aromatic carbocycles. The Morgan fingerprint density at radius 3 is 3.14 bits per heavy atom. The standard InChI is InChI=1S/C17H22N2O2/c20-17(19-9-7-13-4-3-8-18-11-13)15-10-14-5-1-2-6-16(14)21-12-15/h1-2,5-6,10,13,18H,3-4,7-9,11-12H2,(H,19,20). The molecule has 112 valence electrons. The zero-order valence-electron chi connectivity index (χ0n) is 12.2. The molecule has 3 rings (SSSR count). The summed E-state index contributed by atoms with van der Waals surface area (Å²) >= 11 is 0. The zero-order valence-corrected chi connectivity index (χ0v) is 12.2. The molecule has 0 aromatic heterocycles. The lowest BCUT2D eigenvalue weighted by Gasteiger charge is -2.23. The number of para-hydroxylation sites is 1. The van der Waals surface area contributed by atoms with Gasteiger partial charge in [0.2, 0.25) is 0 Å². The number of carbonyl (C=O) groups is 1. The minimum atomic E-state index is -0.00623. The fourth-order valence-electron chi connectivity index (χ4n) is 2.92. The molecule has 0 saturated carbocycles. The van der Waals surface area contributed by atoms with Gasteiger partial charge in [0.25, 0.3) is 5.91 Å². The van der Waals surface area contributed by atoms with Crippen LogP contribution < -0.4 is 15.4 Å². The van der Waals surface area contributed by atoms with Gasteiger partial charge in [-0.05, 0) is 50.4 Å². The second-order valence-electron chi connectivity index (χ2n) is 5.75. The number of rotatable bonds is 4. The predicted octanol–water partition coefficient (Wildman–Crippen LogP) is 1.97. The molecular formula is C17H22N2O2. The van der Waals surface area contributed by atoms with Gasteiger partial charge in [0.15, 0.2) is 0 Å². The van der Waals surface area contributed by atoms with Crippen molar-refractivity contribution < 1.29 is 9.53 Å². The Hall–Kier alpha value is -1.81. The molecule has 2 N–H and O–H groups in total. The highest BCUT2D eigenvalue weighted by Crippen LogP contribution is 2.25. The molecule has 1 saturated heterocycles. The van der Waals surface area contributed by atoms with E-state index >= 15 is 0 Å². The average molecular weight is 286 g/mol. The van der Waals surface area contributed by atoms with Crippen molar-refractivity contribution in [3.05, 3.63) is 35.4 Å². The highest BCUT2D eigenvalue weighted by Gasteiger charge is 2.17. The van der Waals surface area contributed by atoms with Crippen LogP contribution in [0.2, 0.25) is 0 Å². The zero-order chi connectivity index (χ0) is 14.5. The van der Waals surface area contributed by atoms with E-state index in [0.29, 0.717) is 18.1 Å². The van der Waals surface area contributed by atoms with E-state index in [1.54, 1.807) is 0 Å². The first-order valence-corrected chi connectivity index (χ1v) is 7.74. The second kappa shape index (κ2) is 6.76. The van der Waals surface area contributed by atoms with Crippen molar-refractivity contribution in [2.45, 2.75) is 19.3 Å². The fraction of sp³-hybridized carbons (Fsp3) is 0.471. The molecule has 21 heavy (non-hydrogen) atoms. The Kier molecular flexibility index (Phi) is 4.55. The molecule has 1 atom stereocenters. The summed E-state index contributed by atoms with van der Waals surface area (Å²) in [6.07, 6.45) is 5.48. The molecule has 2 aliphatic heterocycles. The SMILES string of the molecule is O=C(NCCC1CCCNC1)C1=Cc2ccccc2OC1. The number of fused-ring (bicyclic) bond motifs is 1. The summed E-state index contributed by atoms with van der Waals surface area (Å²) < 4.78 is 5.61. The van der Waals surface area contributed by atoms with Crippen molar-refractivity contribution >= 4 is 12.0 Å². The van der Waals surface area contributed by atoms with Gasteiger partial charge in [-0.1, -0.05) is 18.2 Å². The number of benzene rings is 1. The van der Waals surface area contributed by atoms with Crippen LogP contribution in [0.15, 0.2) is 29.8 Å². The van der Waals surface area contributed by atoms with E-state index < -0.39 is 0 Å². The molecule has 1 fully saturated rings. The number of carbonyl (C=O) groups excluding carboxylic acids is 1. The van der Waals surface area contributed by atoms with Gasteiger partial charge in [0.05, 0.1) is 5.57 Å². The van der Waals surface area contributed by atoms with Crippen molar-refractivity contribution in [2.75, 3.05) is 26.2 Å². The van der Waals surface area contributed by atoms with Crippen molar-refractivity contribution in [1.82, 2.24) is 10.6 Å². The highest BCUT2D eigenvalue weighted by atomic mass is 16.5. The largest absolute Gasteiger partial charge is 0.488 e. The summed E-state index contributed by atoms with van der Waals surface area (Å²) in [5, 5.41) is 6.42. The second-order valence-corrected chi connectivity index (χ2v) is 5.75. The van der Waals surface area contributed by atoms with E-state index in [-0.39, 0.29) is 5.91 Å². The third-order valence-corrected chi connectivity index (χ3v) is 4.16. The van der Waals surface area contributed by atoms with Crippen LogP contribution in [0.25, 0.3) is 6.08 Å².